The van der Waals surface area contributed by atoms with Gasteiger partial charge in [-0.2, -0.15) is 8.78 Å². The number of thiazole rings is 1. The van der Waals surface area contributed by atoms with E-state index >= 15 is 0 Å². The summed E-state index contributed by atoms with van der Waals surface area (Å²) < 4.78 is 36.3. The summed E-state index contributed by atoms with van der Waals surface area (Å²) in [5.41, 5.74) is 1.89. The van der Waals surface area contributed by atoms with Gasteiger partial charge in [0.05, 0.1) is 28.5 Å². The van der Waals surface area contributed by atoms with Crippen molar-refractivity contribution >= 4 is 23.4 Å². The molecule has 170 valence electrons. The van der Waals surface area contributed by atoms with Gasteiger partial charge >= 0.3 is 12.6 Å². The third-order valence-electron chi connectivity index (χ3n) is 5.04. The van der Waals surface area contributed by atoms with Crippen molar-refractivity contribution in [3.8, 4) is 5.75 Å². The standard InChI is InChI=1S/C24H20F2N2O4S/c1-3-31-22(30)19-14(2)27-24-28(20(19)16-7-5-4-6-8-16)21(29)18(33-24)13-15-9-11-17(12-10-15)32-23(25)26/h4-13,20,23H,3H2,1-2H3/t20-/m1/s1. The first-order valence-corrected chi connectivity index (χ1v) is 11.0. The second kappa shape index (κ2) is 9.50. The largest absolute Gasteiger partial charge is 0.463 e. The molecule has 33 heavy (non-hydrogen) atoms. The summed E-state index contributed by atoms with van der Waals surface area (Å²) in [4.78, 5) is 31.2. The molecule has 0 aliphatic carbocycles. The molecule has 0 N–H and O–H groups in total. The monoisotopic (exact) mass is 470 g/mol. The molecule has 1 atom stereocenters. The van der Waals surface area contributed by atoms with E-state index in [9.17, 15) is 18.4 Å². The van der Waals surface area contributed by atoms with Gasteiger partial charge in [0, 0.05) is 0 Å². The first-order chi connectivity index (χ1) is 15.9. The van der Waals surface area contributed by atoms with E-state index in [1.165, 1.54) is 28.0 Å². The lowest BCUT2D eigenvalue weighted by Crippen LogP contribution is -2.39. The molecule has 1 aliphatic heterocycles. The van der Waals surface area contributed by atoms with Crippen LogP contribution in [0.3, 0.4) is 0 Å². The summed E-state index contributed by atoms with van der Waals surface area (Å²) in [5, 5.41) is 0. The Balaban J connectivity index is 1.84. The van der Waals surface area contributed by atoms with Crippen molar-refractivity contribution in [3.05, 3.63) is 96.7 Å². The fourth-order valence-electron chi connectivity index (χ4n) is 3.64. The molecule has 0 bridgehead atoms. The zero-order valence-electron chi connectivity index (χ0n) is 17.8. The Morgan fingerprint density at radius 2 is 1.88 bits per heavy atom. The summed E-state index contributed by atoms with van der Waals surface area (Å²) in [6, 6.07) is 14.5. The number of hydrogen-bond donors (Lipinski definition) is 0. The van der Waals surface area contributed by atoms with Crippen LogP contribution in [0.1, 0.15) is 31.0 Å². The summed E-state index contributed by atoms with van der Waals surface area (Å²) in [7, 11) is 0. The number of alkyl halides is 2. The second-order valence-corrected chi connectivity index (χ2v) is 8.17. The molecule has 0 saturated heterocycles. The van der Waals surface area contributed by atoms with Crippen molar-refractivity contribution in [2.45, 2.75) is 26.5 Å². The lowest BCUT2D eigenvalue weighted by molar-refractivity contribution is -0.139. The predicted molar refractivity (Wildman–Crippen MR) is 120 cm³/mol. The number of halogens is 2. The number of hydrogen-bond acceptors (Lipinski definition) is 6. The Labute approximate surface area is 191 Å². The van der Waals surface area contributed by atoms with Crippen molar-refractivity contribution in [3.63, 3.8) is 0 Å². The number of carbonyl (C=O) groups excluding carboxylic acids is 1. The molecule has 4 rings (SSSR count). The van der Waals surface area contributed by atoms with Gasteiger partial charge in [-0.1, -0.05) is 53.8 Å². The molecule has 1 aromatic heterocycles. The lowest BCUT2D eigenvalue weighted by Gasteiger charge is -2.24. The average molecular weight is 470 g/mol. The zero-order valence-corrected chi connectivity index (χ0v) is 18.6. The summed E-state index contributed by atoms with van der Waals surface area (Å²) in [5.74, 6) is -0.487. The van der Waals surface area contributed by atoms with Crippen molar-refractivity contribution in [2.24, 2.45) is 4.99 Å². The third kappa shape index (κ3) is 4.63. The molecular weight excluding hydrogens is 450 g/mol. The van der Waals surface area contributed by atoms with Gasteiger partial charge in [0.2, 0.25) is 0 Å². The SMILES string of the molecule is CCOC(=O)C1=C(C)N=c2sc(=Cc3ccc(OC(F)F)cc3)c(=O)n2[C@@H]1c1ccccc1. The van der Waals surface area contributed by atoms with Crippen LogP contribution in [0.15, 0.2) is 75.7 Å². The smallest absolute Gasteiger partial charge is 0.387 e. The second-order valence-electron chi connectivity index (χ2n) is 7.16. The Morgan fingerprint density at radius 3 is 2.52 bits per heavy atom. The van der Waals surface area contributed by atoms with Crippen molar-refractivity contribution in [2.75, 3.05) is 6.61 Å². The Bertz CT molecular complexity index is 1380. The first kappa shape index (κ1) is 22.6. The van der Waals surface area contributed by atoms with Crippen LogP contribution in [0.5, 0.6) is 5.75 Å². The van der Waals surface area contributed by atoms with Crippen LogP contribution in [0.4, 0.5) is 8.78 Å². The van der Waals surface area contributed by atoms with Crippen molar-refractivity contribution in [1.29, 1.82) is 0 Å². The number of nitrogens with zero attached hydrogens (tertiary/aromatic N) is 2. The number of benzene rings is 2. The van der Waals surface area contributed by atoms with E-state index in [1.807, 2.05) is 30.3 Å². The summed E-state index contributed by atoms with van der Waals surface area (Å²) in [6.07, 6.45) is 1.65. The number of allylic oxidation sites excluding steroid dienone is 1. The van der Waals surface area contributed by atoms with E-state index < -0.39 is 18.6 Å². The van der Waals surface area contributed by atoms with Crippen LogP contribution in [0, 0.1) is 0 Å². The maximum atomic E-state index is 13.4. The molecule has 0 radical (unpaired) electrons. The van der Waals surface area contributed by atoms with Gasteiger partial charge in [-0.25, -0.2) is 9.79 Å². The molecule has 1 aliphatic rings. The minimum atomic E-state index is -2.91. The minimum absolute atomic E-state index is 0.0300. The van der Waals surface area contributed by atoms with E-state index in [0.717, 1.165) is 5.56 Å². The van der Waals surface area contributed by atoms with E-state index in [-0.39, 0.29) is 17.9 Å². The molecule has 9 heteroatoms. The molecule has 6 nitrogen and oxygen atoms in total. The Morgan fingerprint density at radius 1 is 1.18 bits per heavy atom. The van der Waals surface area contributed by atoms with Gasteiger partial charge in [0.1, 0.15) is 5.75 Å². The maximum absolute atomic E-state index is 13.4. The Hall–Kier alpha value is -3.59. The first-order valence-electron chi connectivity index (χ1n) is 10.2. The van der Waals surface area contributed by atoms with Crippen LogP contribution in [-0.2, 0) is 9.53 Å². The van der Waals surface area contributed by atoms with Gasteiger partial charge in [0.15, 0.2) is 4.80 Å². The molecule has 3 aromatic rings. The topological polar surface area (TPSA) is 69.9 Å². The molecule has 0 saturated carbocycles. The quantitative estimate of drug-likeness (QED) is 0.518. The maximum Gasteiger partial charge on any atom is 0.387 e. The third-order valence-corrected chi connectivity index (χ3v) is 6.02. The van der Waals surface area contributed by atoms with E-state index in [4.69, 9.17) is 4.74 Å². The highest BCUT2D eigenvalue weighted by molar-refractivity contribution is 7.07. The highest BCUT2D eigenvalue weighted by atomic mass is 32.1. The normalized spacial score (nSPS) is 15.9. The lowest BCUT2D eigenvalue weighted by atomic mass is 9.96. The highest BCUT2D eigenvalue weighted by Crippen LogP contribution is 2.30. The van der Waals surface area contributed by atoms with Crippen LogP contribution in [0.25, 0.3) is 6.08 Å². The highest BCUT2D eigenvalue weighted by Gasteiger charge is 2.33. The average Bonchev–Trinajstić information content (AvgIpc) is 3.09. The number of aromatic nitrogens is 1. The van der Waals surface area contributed by atoms with Crippen LogP contribution < -0.4 is 19.6 Å². The number of carbonyl (C=O) groups is 1. The summed E-state index contributed by atoms with van der Waals surface area (Å²) in [6.45, 7) is 0.737. The van der Waals surface area contributed by atoms with Crippen LogP contribution >= 0.6 is 11.3 Å². The molecule has 0 spiro atoms. The fraction of sp³-hybridized carbons (Fsp3) is 0.208. The van der Waals surface area contributed by atoms with Gasteiger partial charge in [0.25, 0.3) is 5.56 Å². The predicted octanol–water partition coefficient (Wildman–Crippen LogP) is 3.40. The fourth-order valence-corrected chi connectivity index (χ4v) is 4.69. The molecule has 0 unspecified atom stereocenters. The zero-order chi connectivity index (χ0) is 23.5. The van der Waals surface area contributed by atoms with Gasteiger partial charge in [-0.3, -0.25) is 9.36 Å². The molecule has 2 heterocycles. The number of esters is 1. The molecular formula is C24H20F2N2O4S. The molecule has 0 amide bonds. The van der Waals surface area contributed by atoms with Gasteiger partial charge in [-0.15, -0.1) is 0 Å². The number of rotatable bonds is 6. The number of fused-ring (bicyclic) bond motifs is 1. The molecule has 0 fully saturated rings. The number of ether oxygens (including phenoxy) is 2. The van der Waals surface area contributed by atoms with Gasteiger partial charge < -0.3 is 9.47 Å². The van der Waals surface area contributed by atoms with Crippen LogP contribution in [0.2, 0.25) is 0 Å². The van der Waals surface area contributed by atoms with Crippen molar-refractivity contribution < 1.29 is 23.0 Å². The Kier molecular flexibility index (Phi) is 6.50. The van der Waals surface area contributed by atoms with E-state index in [1.54, 1.807) is 32.1 Å². The summed E-state index contributed by atoms with van der Waals surface area (Å²) >= 11 is 1.19. The molecule has 2 aromatic carbocycles. The van der Waals surface area contributed by atoms with Crippen LogP contribution in [-0.4, -0.2) is 23.8 Å². The van der Waals surface area contributed by atoms with E-state index in [0.29, 0.717) is 26.2 Å². The van der Waals surface area contributed by atoms with E-state index in [2.05, 4.69) is 9.73 Å². The van der Waals surface area contributed by atoms with Crippen molar-refractivity contribution in [1.82, 2.24) is 4.57 Å². The minimum Gasteiger partial charge on any atom is -0.463 e. The van der Waals surface area contributed by atoms with Gasteiger partial charge in [-0.05, 0) is 43.2 Å².